The van der Waals surface area contributed by atoms with Crippen LogP contribution in [0.4, 0.5) is 4.39 Å². The lowest BCUT2D eigenvalue weighted by molar-refractivity contribution is 0.105. The van der Waals surface area contributed by atoms with Crippen LogP contribution in [-0.2, 0) is 17.8 Å². The van der Waals surface area contributed by atoms with E-state index in [9.17, 15) is 9.50 Å². The lowest BCUT2D eigenvalue weighted by Gasteiger charge is -2.35. The minimum absolute atomic E-state index is 0.113. The fourth-order valence-electron chi connectivity index (χ4n) is 3.90. The van der Waals surface area contributed by atoms with Crippen molar-refractivity contribution in [1.29, 1.82) is 0 Å². The Labute approximate surface area is 167 Å². The van der Waals surface area contributed by atoms with Crippen molar-refractivity contribution in [1.82, 2.24) is 9.80 Å². The van der Waals surface area contributed by atoms with Crippen LogP contribution in [0.3, 0.4) is 0 Å². The number of halogens is 1. The third kappa shape index (κ3) is 6.03. The molecule has 5 heteroatoms. The molecule has 0 aliphatic carbocycles. The molecule has 2 aromatic carbocycles. The second kappa shape index (κ2) is 10.6. The molecule has 0 spiro atoms. The smallest absolute Gasteiger partial charge is 0.127 e. The molecule has 1 N–H and O–H groups in total. The van der Waals surface area contributed by atoms with Crippen molar-refractivity contribution >= 4 is 0 Å². The Balaban J connectivity index is 1.51. The molecule has 1 fully saturated rings. The van der Waals surface area contributed by atoms with E-state index in [1.165, 1.54) is 6.07 Å². The van der Waals surface area contributed by atoms with E-state index >= 15 is 0 Å². The van der Waals surface area contributed by atoms with Gasteiger partial charge in [-0.2, -0.15) is 0 Å². The zero-order valence-electron chi connectivity index (χ0n) is 16.7. The van der Waals surface area contributed by atoms with Crippen LogP contribution in [0, 0.1) is 11.7 Å². The van der Waals surface area contributed by atoms with Gasteiger partial charge in [0.05, 0.1) is 6.61 Å². The number of phenols is 1. The van der Waals surface area contributed by atoms with E-state index in [-0.39, 0.29) is 5.82 Å². The number of hydrogen-bond acceptors (Lipinski definition) is 4. The van der Waals surface area contributed by atoms with Gasteiger partial charge in [-0.1, -0.05) is 36.4 Å². The van der Waals surface area contributed by atoms with Gasteiger partial charge in [-0.15, -0.1) is 0 Å². The van der Waals surface area contributed by atoms with E-state index in [0.717, 1.165) is 56.7 Å². The van der Waals surface area contributed by atoms with Gasteiger partial charge in [-0.3, -0.25) is 9.80 Å². The molecule has 1 heterocycles. The van der Waals surface area contributed by atoms with E-state index < -0.39 is 0 Å². The number of likely N-dealkylation sites (tertiary alicyclic amines) is 1. The molecule has 1 aliphatic rings. The number of nitrogens with zero attached hydrogens (tertiary/aromatic N) is 2. The minimum Gasteiger partial charge on any atom is -0.508 e. The first-order chi connectivity index (χ1) is 13.7. The van der Waals surface area contributed by atoms with Crippen molar-refractivity contribution in [2.45, 2.75) is 25.9 Å². The van der Waals surface area contributed by atoms with Crippen LogP contribution >= 0.6 is 0 Å². The molecule has 28 heavy (non-hydrogen) atoms. The average Bonchev–Trinajstić information content (AvgIpc) is 2.71. The summed E-state index contributed by atoms with van der Waals surface area (Å²) >= 11 is 0. The molecule has 1 aliphatic heterocycles. The summed E-state index contributed by atoms with van der Waals surface area (Å²) in [4.78, 5) is 4.72. The van der Waals surface area contributed by atoms with E-state index in [4.69, 9.17) is 4.74 Å². The number of hydrogen-bond donors (Lipinski definition) is 1. The van der Waals surface area contributed by atoms with Gasteiger partial charge < -0.3 is 9.84 Å². The molecule has 0 bridgehead atoms. The fourth-order valence-corrected chi connectivity index (χ4v) is 3.90. The Morgan fingerprint density at radius 3 is 2.43 bits per heavy atom. The van der Waals surface area contributed by atoms with Crippen molar-refractivity contribution in [2.75, 3.05) is 39.9 Å². The topological polar surface area (TPSA) is 35.9 Å². The standard InChI is InChI=1S/C23H31FN2O2/c1-28-15-14-26(18-21-7-3-5-9-23(21)27)16-19-10-12-25(13-11-19)17-20-6-2-4-8-22(20)24/h2-9,19,27H,10-18H2,1H3. The third-order valence-electron chi connectivity index (χ3n) is 5.57. The Hall–Kier alpha value is -1.95. The van der Waals surface area contributed by atoms with Crippen LogP contribution < -0.4 is 0 Å². The summed E-state index contributed by atoms with van der Waals surface area (Å²) in [6, 6.07) is 14.6. The molecule has 0 radical (unpaired) electrons. The highest BCUT2D eigenvalue weighted by Crippen LogP contribution is 2.23. The van der Waals surface area contributed by atoms with Crippen LogP contribution in [0.1, 0.15) is 24.0 Å². The van der Waals surface area contributed by atoms with E-state index in [1.54, 1.807) is 19.2 Å². The number of rotatable bonds is 9. The lowest BCUT2D eigenvalue weighted by atomic mass is 9.95. The van der Waals surface area contributed by atoms with Crippen LogP contribution in [-0.4, -0.2) is 54.8 Å². The van der Waals surface area contributed by atoms with Gasteiger partial charge in [0.1, 0.15) is 11.6 Å². The molecule has 0 saturated carbocycles. The highest BCUT2D eigenvalue weighted by molar-refractivity contribution is 5.31. The largest absolute Gasteiger partial charge is 0.508 e. The summed E-state index contributed by atoms with van der Waals surface area (Å²) in [5.74, 6) is 0.849. The molecule has 0 atom stereocenters. The molecule has 2 aromatic rings. The number of benzene rings is 2. The molecular weight excluding hydrogens is 355 g/mol. The van der Waals surface area contributed by atoms with Crippen LogP contribution in [0.25, 0.3) is 0 Å². The highest BCUT2D eigenvalue weighted by atomic mass is 19.1. The second-order valence-electron chi connectivity index (χ2n) is 7.67. The maximum atomic E-state index is 13.9. The quantitative estimate of drug-likeness (QED) is 0.709. The highest BCUT2D eigenvalue weighted by Gasteiger charge is 2.22. The van der Waals surface area contributed by atoms with Gasteiger partial charge in [0, 0.05) is 44.4 Å². The summed E-state index contributed by atoms with van der Waals surface area (Å²) in [6.07, 6.45) is 2.22. The Morgan fingerprint density at radius 1 is 1.07 bits per heavy atom. The fraction of sp³-hybridized carbons (Fsp3) is 0.478. The number of piperidine rings is 1. The van der Waals surface area contributed by atoms with Crippen molar-refractivity contribution in [3.05, 3.63) is 65.5 Å². The molecule has 152 valence electrons. The summed E-state index contributed by atoms with van der Waals surface area (Å²) in [7, 11) is 1.72. The summed E-state index contributed by atoms with van der Waals surface area (Å²) in [6.45, 7) is 5.92. The van der Waals surface area contributed by atoms with E-state index in [1.807, 2.05) is 30.3 Å². The maximum absolute atomic E-state index is 13.9. The molecule has 0 unspecified atom stereocenters. The average molecular weight is 387 g/mol. The SMILES string of the molecule is COCCN(Cc1ccccc1O)CC1CCN(Cc2ccccc2F)CC1. The number of phenolic OH excluding ortho intramolecular Hbond substituents is 1. The first-order valence-corrected chi connectivity index (χ1v) is 10.1. The Bertz CT molecular complexity index is 732. The molecule has 1 saturated heterocycles. The summed E-state index contributed by atoms with van der Waals surface area (Å²) in [5.41, 5.74) is 1.73. The van der Waals surface area contributed by atoms with Crippen LogP contribution in [0.2, 0.25) is 0 Å². The maximum Gasteiger partial charge on any atom is 0.127 e. The Morgan fingerprint density at radius 2 is 1.75 bits per heavy atom. The van der Waals surface area contributed by atoms with Gasteiger partial charge in [0.2, 0.25) is 0 Å². The lowest BCUT2D eigenvalue weighted by Crippen LogP contribution is -2.39. The summed E-state index contributed by atoms with van der Waals surface area (Å²) < 4.78 is 19.2. The van der Waals surface area contributed by atoms with Crippen LogP contribution in [0.5, 0.6) is 5.75 Å². The first-order valence-electron chi connectivity index (χ1n) is 10.1. The number of ether oxygens (including phenoxy) is 1. The normalized spacial score (nSPS) is 16.0. The predicted octanol–water partition coefficient (Wildman–Crippen LogP) is 3.89. The molecule has 0 aromatic heterocycles. The third-order valence-corrected chi connectivity index (χ3v) is 5.57. The van der Waals surface area contributed by atoms with E-state index in [0.29, 0.717) is 24.8 Å². The number of aromatic hydroxyl groups is 1. The van der Waals surface area contributed by atoms with Crippen molar-refractivity contribution in [2.24, 2.45) is 5.92 Å². The van der Waals surface area contributed by atoms with Crippen molar-refractivity contribution < 1.29 is 14.2 Å². The van der Waals surface area contributed by atoms with Crippen molar-refractivity contribution in [3.63, 3.8) is 0 Å². The zero-order valence-corrected chi connectivity index (χ0v) is 16.7. The van der Waals surface area contributed by atoms with Crippen LogP contribution in [0.15, 0.2) is 48.5 Å². The predicted molar refractivity (Wildman–Crippen MR) is 110 cm³/mol. The van der Waals surface area contributed by atoms with Gasteiger partial charge in [0.25, 0.3) is 0 Å². The summed E-state index contributed by atoms with van der Waals surface area (Å²) in [5, 5.41) is 10.1. The number of methoxy groups -OCH3 is 1. The van der Waals surface area contributed by atoms with Gasteiger partial charge in [0.15, 0.2) is 0 Å². The molecule has 0 amide bonds. The van der Waals surface area contributed by atoms with Gasteiger partial charge >= 0.3 is 0 Å². The van der Waals surface area contributed by atoms with E-state index in [2.05, 4.69) is 9.80 Å². The molecule has 4 nitrogen and oxygen atoms in total. The Kier molecular flexibility index (Phi) is 7.83. The monoisotopic (exact) mass is 386 g/mol. The minimum atomic E-state index is -0.113. The van der Waals surface area contributed by atoms with Gasteiger partial charge in [-0.05, 0) is 44.0 Å². The second-order valence-corrected chi connectivity index (χ2v) is 7.67. The zero-order chi connectivity index (χ0) is 19.8. The molecular formula is C23H31FN2O2. The number of para-hydroxylation sites is 1. The molecule has 3 rings (SSSR count). The first kappa shape index (κ1) is 20.8. The van der Waals surface area contributed by atoms with Crippen molar-refractivity contribution in [3.8, 4) is 5.75 Å². The van der Waals surface area contributed by atoms with Gasteiger partial charge in [-0.25, -0.2) is 4.39 Å².